The van der Waals surface area contributed by atoms with Crippen LogP contribution in [0.4, 0.5) is 11.5 Å². The molecule has 0 spiro atoms. The maximum Gasteiger partial charge on any atom is 0.270 e. The van der Waals surface area contributed by atoms with Gasteiger partial charge in [-0.15, -0.1) is 0 Å². The van der Waals surface area contributed by atoms with Crippen molar-refractivity contribution in [3.05, 3.63) is 48.2 Å². The number of aliphatic hydroxyl groups is 1. The number of hydrogen-bond acceptors (Lipinski definition) is 7. The van der Waals surface area contributed by atoms with Crippen LogP contribution >= 0.6 is 0 Å². The molecule has 5 fully saturated rings. The van der Waals surface area contributed by atoms with E-state index in [9.17, 15) is 18.3 Å². The van der Waals surface area contributed by atoms with Gasteiger partial charge in [-0.05, 0) is 100 Å². The zero-order chi connectivity index (χ0) is 26.7. The van der Waals surface area contributed by atoms with Crippen LogP contribution in [0, 0.1) is 17.8 Å². The van der Waals surface area contributed by atoms with Gasteiger partial charge in [-0.2, -0.15) is 0 Å². The number of sulfonamides is 1. The molecule has 5 aliphatic rings. The molecule has 1 aromatic heterocycles. The van der Waals surface area contributed by atoms with Crippen LogP contribution in [0.2, 0.25) is 0 Å². The molecule has 1 amide bonds. The summed E-state index contributed by atoms with van der Waals surface area (Å²) in [5.74, 6) is 1.99. The van der Waals surface area contributed by atoms with Gasteiger partial charge in [0.05, 0.1) is 10.5 Å². The Bertz CT molecular complexity index is 1300. The van der Waals surface area contributed by atoms with Crippen LogP contribution in [0.5, 0.6) is 0 Å². The van der Waals surface area contributed by atoms with Gasteiger partial charge >= 0.3 is 0 Å². The Morgan fingerprint density at radius 2 is 1.76 bits per heavy atom. The van der Waals surface area contributed by atoms with Crippen LogP contribution in [-0.4, -0.2) is 68.8 Å². The van der Waals surface area contributed by atoms with Crippen molar-refractivity contribution in [3.63, 3.8) is 0 Å². The number of anilines is 2. The average molecular weight is 540 g/mol. The fraction of sp³-hybridized carbons (Fsp3) is 0.571. The average Bonchev–Trinajstić information content (AvgIpc) is 2.90. The number of rotatable bonds is 6. The Morgan fingerprint density at radius 3 is 2.39 bits per heavy atom. The highest BCUT2D eigenvalue weighted by Gasteiger charge is 2.55. The largest absolute Gasteiger partial charge is 0.390 e. The summed E-state index contributed by atoms with van der Waals surface area (Å²) in [6.45, 7) is 4.39. The van der Waals surface area contributed by atoms with Gasteiger partial charge in [-0.1, -0.05) is 6.07 Å². The van der Waals surface area contributed by atoms with E-state index in [1.807, 2.05) is 24.3 Å². The number of aromatic nitrogens is 1. The summed E-state index contributed by atoms with van der Waals surface area (Å²) < 4.78 is 26.4. The summed E-state index contributed by atoms with van der Waals surface area (Å²) in [5, 5.41) is 14.2. The first kappa shape index (κ1) is 25.6. The minimum absolute atomic E-state index is 0.126. The molecule has 2 heterocycles. The molecule has 1 aliphatic heterocycles. The zero-order valence-corrected chi connectivity index (χ0v) is 22.8. The molecule has 4 aliphatic carbocycles. The van der Waals surface area contributed by atoms with Crippen LogP contribution in [0.25, 0.3) is 0 Å². The summed E-state index contributed by atoms with van der Waals surface area (Å²) in [4.78, 5) is 22.8. The van der Waals surface area contributed by atoms with Gasteiger partial charge in [-0.3, -0.25) is 4.79 Å². The first-order valence-electron chi connectivity index (χ1n) is 13.7. The minimum atomic E-state index is -3.46. The van der Waals surface area contributed by atoms with E-state index in [-0.39, 0.29) is 22.9 Å². The summed E-state index contributed by atoms with van der Waals surface area (Å²) in [6, 6.07) is 12.9. The van der Waals surface area contributed by atoms with Crippen molar-refractivity contribution >= 4 is 27.4 Å². The lowest BCUT2D eigenvalue weighted by Gasteiger charge is -2.58. The van der Waals surface area contributed by atoms with E-state index in [1.165, 1.54) is 7.05 Å². The normalized spacial score (nSPS) is 32.4. The highest BCUT2D eigenvalue weighted by molar-refractivity contribution is 7.89. The molecule has 3 N–H and O–H groups in total. The summed E-state index contributed by atoms with van der Waals surface area (Å²) >= 11 is 0. The Labute approximate surface area is 224 Å². The number of benzene rings is 1. The number of hydrogen-bond donors (Lipinski definition) is 3. The van der Waals surface area contributed by atoms with Gasteiger partial charge in [0.15, 0.2) is 0 Å². The second-order valence-corrected chi connectivity index (χ2v) is 13.7. The van der Waals surface area contributed by atoms with Crippen molar-refractivity contribution < 1.29 is 18.3 Å². The second kappa shape index (κ2) is 9.50. The minimum Gasteiger partial charge on any atom is -0.390 e. The van der Waals surface area contributed by atoms with E-state index in [4.69, 9.17) is 4.98 Å². The molecule has 204 valence electrons. The van der Waals surface area contributed by atoms with Crippen molar-refractivity contribution in [1.29, 1.82) is 0 Å². The molecule has 1 aromatic carbocycles. The zero-order valence-electron chi connectivity index (χ0n) is 22.0. The fourth-order valence-electron chi connectivity index (χ4n) is 7.64. The molecule has 4 bridgehead atoms. The van der Waals surface area contributed by atoms with E-state index in [1.54, 1.807) is 18.2 Å². The number of nitrogens with one attached hydrogen (secondary N) is 2. The van der Waals surface area contributed by atoms with E-state index >= 15 is 0 Å². The molecule has 10 heteroatoms. The molecule has 7 rings (SSSR count). The molecule has 2 unspecified atom stereocenters. The Kier molecular flexibility index (Phi) is 6.39. The van der Waals surface area contributed by atoms with Crippen LogP contribution in [0.15, 0.2) is 47.4 Å². The number of nitrogens with zero attached hydrogens (tertiary/aromatic N) is 3. The quantitative estimate of drug-likeness (QED) is 0.516. The van der Waals surface area contributed by atoms with Crippen molar-refractivity contribution in [2.24, 2.45) is 17.8 Å². The highest BCUT2D eigenvalue weighted by atomic mass is 32.2. The SMILES string of the molecule is CNS(=O)(=O)c1ccc(N2CCN(c3cccc(C(=O)N[C@H]4C5CC6CC4C[C@](O)(C6)C5)n3)[C@H](C)C2)cc1. The molecule has 2 aromatic rings. The molecule has 4 saturated carbocycles. The van der Waals surface area contributed by atoms with Crippen molar-refractivity contribution in [2.75, 3.05) is 36.5 Å². The summed E-state index contributed by atoms with van der Waals surface area (Å²) in [5.41, 5.74) is 0.902. The third-order valence-corrected chi connectivity index (χ3v) is 10.6. The topological polar surface area (TPSA) is 115 Å². The molecule has 1 saturated heterocycles. The van der Waals surface area contributed by atoms with Crippen LogP contribution < -0.4 is 19.8 Å². The van der Waals surface area contributed by atoms with Crippen LogP contribution in [-0.2, 0) is 10.0 Å². The van der Waals surface area contributed by atoms with Gasteiger partial charge < -0.3 is 20.2 Å². The second-order valence-electron chi connectivity index (χ2n) is 11.8. The van der Waals surface area contributed by atoms with Crippen molar-refractivity contribution in [1.82, 2.24) is 15.0 Å². The molecular weight excluding hydrogens is 502 g/mol. The third kappa shape index (κ3) is 4.67. The van der Waals surface area contributed by atoms with Crippen LogP contribution in [0.1, 0.15) is 49.5 Å². The number of piperazine rings is 1. The number of carbonyl (C=O) groups excluding carboxylic acids is 1. The summed E-state index contributed by atoms with van der Waals surface area (Å²) in [6.07, 6.45) is 4.74. The van der Waals surface area contributed by atoms with Crippen LogP contribution in [0.3, 0.4) is 0 Å². The highest BCUT2D eigenvalue weighted by Crippen LogP contribution is 2.55. The number of amides is 1. The van der Waals surface area contributed by atoms with Gasteiger partial charge in [0.2, 0.25) is 10.0 Å². The molecule has 3 atom stereocenters. The predicted molar refractivity (Wildman–Crippen MR) is 146 cm³/mol. The first-order valence-corrected chi connectivity index (χ1v) is 15.2. The predicted octanol–water partition coefficient (Wildman–Crippen LogP) is 2.37. The molecule has 38 heavy (non-hydrogen) atoms. The van der Waals surface area contributed by atoms with Gasteiger partial charge in [0.25, 0.3) is 5.91 Å². The van der Waals surface area contributed by atoms with Gasteiger partial charge in [-0.25, -0.2) is 18.1 Å². The van der Waals surface area contributed by atoms with E-state index in [0.717, 1.165) is 63.2 Å². The molecule has 9 nitrogen and oxygen atoms in total. The number of carbonyl (C=O) groups is 1. The lowest BCUT2D eigenvalue weighted by atomic mass is 9.52. The lowest BCUT2D eigenvalue weighted by molar-refractivity contribution is -0.136. The van der Waals surface area contributed by atoms with E-state index < -0.39 is 15.6 Å². The van der Waals surface area contributed by atoms with E-state index in [2.05, 4.69) is 26.8 Å². The van der Waals surface area contributed by atoms with Crippen molar-refractivity contribution in [2.45, 2.75) is 61.6 Å². The van der Waals surface area contributed by atoms with Gasteiger partial charge in [0.1, 0.15) is 11.5 Å². The maximum absolute atomic E-state index is 13.3. The Balaban J connectivity index is 1.11. The third-order valence-electron chi connectivity index (χ3n) is 9.21. The Hall–Kier alpha value is -2.69. The monoisotopic (exact) mass is 539 g/mol. The fourth-order valence-corrected chi connectivity index (χ4v) is 8.37. The smallest absolute Gasteiger partial charge is 0.270 e. The molecular formula is C28H37N5O4S. The summed E-state index contributed by atoms with van der Waals surface area (Å²) in [7, 11) is -2.05. The standard InChI is InChI=1S/C28H37N5O4S/c1-18-17-32(22-6-8-23(9-7-22)38(36,37)29-2)10-11-33(18)25-5-3-4-24(30-25)27(34)31-26-20-12-19-13-21(26)16-28(35,14-19)15-20/h3-9,18-21,26,29,35H,10-17H2,1-2H3,(H,31,34)/t18-,19?,20?,21?,26-,28-/m1/s1. The van der Waals surface area contributed by atoms with Crippen molar-refractivity contribution in [3.8, 4) is 0 Å². The molecule has 0 radical (unpaired) electrons. The lowest BCUT2D eigenvalue weighted by Crippen LogP contribution is -2.61. The number of pyridine rings is 1. The first-order chi connectivity index (χ1) is 18.1. The Morgan fingerprint density at radius 1 is 1.05 bits per heavy atom. The maximum atomic E-state index is 13.3. The van der Waals surface area contributed by atoms with E-state index in [0.29, 0.717) is 23.4 Å². The van der Waals surface area contributed by atoms with Gasteiger partial charge in [0, 0.05) is 37.4 Å².